The van der Waals surface area contributed by atoms with Crippen LogP contribution in [-0.4, -0.2) is 107 Å². The molecule has 0 bridgehead atoms. The lowest BCUT2D eigenvalue weighted by molar-refractivity contribution is -0.0312. The number of aliphatic hydroxyl groups excluding tert-OH is 1. The Morgan fingerprint density at radius 3 is 2.79 bits per heavy atom. The normalized spacial score (nSPS) is 20.3. The summed E-state index contributed by atoms with van der Waals surface area (Å²) in [5, 5.41) is 13.8. The lowest BCUT2D eigenvalue weighted by atomic mass is 9.88. The third kappa shape index (κ3) is 7.11. The van der Waals surface area contributed by atoms with Crippen LogP contribution in [-0.2, 0) is 29.5 Å². The number of hydrogen-bond acceptors (Lipinski definition) is 10. The van der Waals surface area contributed by atoms with Crippen LogP contribution in [0.1, 0.15) is 19.3 Å². The first kappa shape index (κ1) is 30.8. The van der Waals surface area contributed by atoms with E-state index in [0.29, 0.717) is 55.7 Å². The zero-order valence-electron chi connectivity index (χ0n) is 23.4. The maximum Gasteiger partial charge on any atom is 0.244 e. The van der Waals surface area contributed by atoms with Crippen LogP contribution in [0.4, 0.5) is 0 Å². The molecule has 0 amide bonds. The van der Waals surface area contributed by atoms with Crippen molar-refractivity contribution in [3.05, 3.63) is 48.8 Å². The van der Waals surface area contributed by atoms with E-state index in [1.165, 1.54) is 29.7 Å². The van der Waals surface area contributed by atoms with Crippen LogP contribution in [0.25, 0.3) is 11.0 Å². The van der Waals surface area contributed by atoms with Crippen LogP contribution < -0.4 is 14.8 Å². The summed E-state index contributed by atoms with van der Waals surface area (Å²) in [5.41, 5.74) is 0.987. The van der Waals surface area contributed by atoms with E-state index in [-0.39, 0.29) is 42.1 Å². The molecule has 2 fully saturated rings. The molecule has 0 aliphatic carbocycles. The van der Waals surface area contributed by atoms with Crippen molar-refractivity contribution in [1.82, 2.24) is 24.3 Å². The summed E-state index contributed by atoms with van der Waals surface area (Å²) in [5.74, 6) is 0.331. The van der Waals surface area contributed by atoms with E-state index in [1.54, 1.807) is 30.5 Å². The van der Waals surface area contributed by atoms with Gasteiger partial charge >= 0.3 is 0 Å². The smallest absolute Gasteiger partial charge is 0.244 e. The number of methoxy groups -OCH3 is 1. The average Bonchev–Trinajstić information content (AvgIpc) is 3.62. The van der Waals surface area contributed by atoms with Gasteiger partial charge in [0, 0.05) is 57.8 Å². The zero-order valence-corrected chi connectivity index (χ0v) is 25.0. The predicted molar refractivity (Wildman–Crippen MR) is 154 cm³/mol. The molecule has 1 spiro atoms. The molecule has 15 heteroatoms. The van der Waals surface area contributed by atoms with E-state index in [9.17, 15) is 21.9 Å². The van der Waals surface area contributed by atoms with Crippen molar-refractivity contribution in [2.75, 3.05) is 53.1 Å². The van der Waals surface area contributed by atoms with Crippen LogP contribution >= 0.6 is 0 Å². The maximum absolute atomic E-state index is 13.2. The second kappa shape index (κ2) is 12.9. The topological polar surface area (TPSA) is 172 Å². The van der Waals surface area contributed by atoms with Crippen LogP contribution in [0.2, 0.25) is 0 Å². The number of aliphatic hydroxyl groups is 1. The fourth-order valence-corrected chi connectivity index (χ4v) is 7.77. The lowest BCUT2D eigenvalue weighted by Crippen LogP contribution is -2.47. The molecule has 1 aromatic carbocycles. The minimum atomic E-state index is -3.70. The molecule has 3 aromatic rings. The minimum absolute atomic E-state index is 0.00828. The number of fused-ring (bicyclic) bond motifs is 1. The monoisotopic (exact) mass is 623 g/mol. The van der Waals surface area contributed by atoms with E-state index < -0.39 is 31.8 Å². The Hall–Kier alpha value is -2.63. The highest BCUT2D eigenvalue weighted by molar-refractivity contribution is 7.89. The molecule has 42 heavy (non-hydrogen) atoms. The number of H-pyrrole nitrogens is 1. The molecule has 13 nitrogen and oxygen atoms in total. The molecular formula is C27H37N5O8S2. The number of ether oxygens (including phenoxy) is 3. The molecule has 230 valence electrons. The molecule has 0 radical (unpaired) electrons. The van der Waals surface area contributed by atoms with Gasteiger partial charge in [-0.05, 0) is 43.5 Å². The van der Waals surface area contributed by atoms with Gasteiger partial charge in [0.15, 0.2) is 0 Å². The number of aromatic amines is 1. The SMILES string of the molecule is COCCNS(=O)(=O)c1cccc(OC[C@@H](O)CN[C@H]2COC3(CCN(S(=O)(=O)c4cnc5cc[nH]c5c4)CC3)C2)c1. The summed E-state index contributed by atoms with van der Waals surface area (Å²) in [7, 11) is -5.88. The number of pyridine rings is 1. The Morgan fingerprint density at radius 2 is 2.00 bits per heavy atom. The summed E-state index contributed by atoms with van der Waals surface area (Å²) < 4.78 is 71.9. The molecule has 2 saturated heterocycles. The minimum Gasteiger partial charge on any atom is -0.491 e. The molecule has 0 unspecified atom stereocenters. The van der Waals surface area contributed by atoms with Crippen molar-refractivity contribution in [1.29, 1.82) is 0 Å². The summed E-state index contributed by atoms with van der Waals surface area (Å²) >= 11 is 0. The average molecular weight is 624 g/mol. The van der Waals surface area contributed by atoms with Crippen molar-refractivity contribution >= 4 is 31.1 Å². The van der Waals surface area contributed by atoms with Crippen LogP contribution in [0, 0.1) is 0 Å². The molecular weight excluding hydrogens is 586 g/mol. The van der Waals surface area contributed by atoms with Gasteiger partial charge in [-0.25, -0.2) is 21.6 Å². The molecule has 2 atom stereocenters. The Labute approximate surface area is 245 Å². The van der Waals surface area contributed by atoms with Crippen molar-refractivity contribution in [3.63, 3.8) is 0 Å². The van der Waals surface area contributed by atoms with Gasteiger partial charge in [-0.15, -0.1) is 0 Å². The van der Waals surface area contributed by atoms with Crippen LogP contribution in [0.5, 0.6) is 5.75 Å². The van der Waals surface area contributed by atoms with E-state index in [2.05, 4.69) is 20.0 Å². The van der Waals surface area contributed by atoms with E-state index in [0.717, 1.165) is 0 Å². The number of sulfonamides is 2. The first-order valence-corrected chi connectivity index (χ1v) is 16.7. The van der Waals surface area contributed by atoms with Gasteiger partial charge in [-0.1, -0.05) is 6.07 Å². The number of rotatable bonds is 13. The van der Waals surface area contributed by atoms with Gasteiger partial charge in [0.05, 0.1) is 34.7 Å². The van der Waals surface area contributed by atoms with Crippen LogP contribution in [0.15, 0.2) is 58.6 Å². The molecule has 5 rings (SSSR count). The molecule has 4 N–H and O–H groups in total. The number of nitrogens with one attached hydrogen (secondary N) is 3. The number of aromatic nitrogens is 2. The number of hydrogen-bond donors (Lipinski definition) is 4. The van der Waals surface area contributed by atoms with Gasteiger partial charge in [-0.2, -0.15) is 4.31 Å². The van der Waals surface area contributed by atoms with Crippen LogP contribution in [0.3, 0.4) is 0 Å². The largest absolute Gasteiger partial charge is 0.491 e. The third-order valence-corrected chi connectivity index (χ3v) is 11.0. The Kier molecular flexibility index (Phi) is 9.49. The second-order valence-corrected chi connectivity index (χ2v) is 14.3. The highest BCUT2D eigenvalue weighted by Gasteiger charge is 2.44. The standard InChI is InChI=1S/C27H37N5O8S2/c1-38-12-9-31-41(34,35)23-4-2-3-22(13-23)39-19-21(33)16-29-20-15-27(40-18-20)6-10-32(11-7-27)42(36,37)24-14-26-25(30-17-24)5-8-28-26/h2-5,8,13-14,17,20-21,28-29,31,33H,6-7,9-12,15-16,18-19H2,1H3/t20-,21+/m1/s1. The third-order valence-electron chi connectivity index (χ3n) is 7.65. The summed E-state index contributed by atoms with van der Waals surface area (Å²) in [6, 6.07) is 9.50. The highest BCUT2D eigenvalue weighted by atomic mass is 32.2. The maximum atomic E-state index is 13.2. The van der Waals surface area contributed by atoms with Crippen molar-refractivity contribution in [2.45, 2.75) is 46.8 Å². The number of benzene rings is 1. The summed E-state index contributed by atoms with van der Waals surface area (Å²) in [6.45, 7) is 1.81. The fraction of sp³-hybridized carbons (Fsp3) is 0.519. The molecule has 0 saturated carbocycles. The summed E-state index contributed by atoms with van der Waals surface area (Å²) in [4.78, 5) is 7.48. The van der Waals surface area contributed by atoms with Gasteiger partial charge in [0.1, 0.15) is 23.4 Å². The molecule has 2 aromatic heterocycles. The number of piperidine rings is 1. The van der Waals surface area contributed by atoms with Gasteiger partial charge < -0.3 is 29.6 Å². The predicted octanol–water partition coefficient (Wildman–Crippen LogP) is 0.829. The van der Waals surface area contributed by atoms with Crippen molar-refractivity contribution in [2.24, 2.45) is 0 Å². The van der Waals surface area contributed by atoms with Gasteiger partial charge in [0.25, 0.3) is 0 Å². The zero-order chi connectivity index (χ0) is 29.8. The highest BCUT2D eigenvalue weighted by Crippen LogP contribution is 2.37. The molecule has 4 heterocycles. The number of nitrogens with zero attached hydrogens (tertiary/aromatic N) is 2. The second-order valence-electron chi connectivity index (χ2n) is 10.6. The van der Waals surface area contributed by atoms with E-state index in [4.69, 9.17) is 14.2 Å². The summed E-state index contributed by atoms with van der Waals surface area (Å²) in [6.07, 6.45) is 4.16. The Morgan fingerprint density at radius 1 is 1.19 bits per heavy atom. The Bertz CT molecular complexity index is 1570. The first-order valence-electron chi connectivity index (χ1n) is 13.8. The lowest BCUT2D eigenvalue weighted by Gasteiger charge is -2.38. The molecule has 2 aliphatic rings. The van der Waals surface area contributed by atoms with E-state index >= 15 is 0 Å². The van der Waals surface area contributed by atoms with Crippen molar-refractivity contribution < 1.29 is 36.2 Å². The van der Waals surface area contributed by atoms with E-state index in [1.807, 2.05) is 0 Å². The van der Waals surface area contributed by atoms with Gasteiger partial charge in [0.2, 0.25) is 20.0 Å². The first-order chi connectivity index (χ1) is 20.1. The van der Waals surface area contributed by atoms with Crippen molar-refractivity contribution in [3.8, 4) is 5.75 Å². The molecule has 2 aliphatic heterocycles. The fourth-order valence-electron chi connectivity index (χ4n) is 5.31. The van der Waals surface area contributed by atoms with Gasteiger partial charge in [-0.3, -0.25) is 4.98 Å². The quantitative estimate of drug-likeness (QED) is 0.200. The Balaban J connectivity index is 1.06.